The fourth-order valence-corrected chi connectivity index (χ4v) is 1.73. The minimum Gasteiger partial charge on any atom is -0.399 e. The molecule has 1 saturated heterocycles. The number of nitrogens with two attached hydrogens (primary N) is 1. The van der Waals surface area contributed by atoms with Crippen LogP contribution in [-0.4, -0.2) is 13.1 Å². The highest BCUT2D eigenvalue weighted by Crippen LogP contribution is 2.32. The Morgan fingerprint density at radius 2 is 2.31 bits per heavy atom. The molecular formula is C10H13FN2. The van der Waals surface area contributed by atoms with Gasteiger partial charge < -0.3 is 11.1 Å². The van der Waals surface area contributed by atoms with E-state index in [1.165, 1.54) is 0 Å². The van der Waals surface area contributed by atoms with E-state index in [0.717, 1.165) is 6.54 Å². The lowest BCUT2D eigenvalue weighted by Gasteiger charge is -2.18. The summed E-state index contributed by atoms with van der Waals surface area (Å²) in [6.45, 7) is 1.14. The van der Waals surface area contributed by atoms with Crippen LogP contribution >= 0.6 is 0 Å². The van der Waals surface area contributed by atoms with Gasteiger partial charge in [-0.2, -0.15) is 0 Å². The predicted octanol–water partition coefficient (Wildman–Crippen LogP) is 1.43. The number of hydrogen-bond donors (Lipinski definition) is 2. The molecule has 0 spiro atoms. The molecule has 1 unspecified atom stereocenters. The molecule has 1 heterocycles. The van der Waals surface area contributed by atoms with Crippen LogP contribution < -0.4 is 11.1 Å². The molecule has 1 aliphatic heterocycles. The van der Waals surface area contributed by atoms with E-state index in [4.69, 9.17) is 5.73 Å². The smallest absolute Gasteiger partial charge is 0.149 e. The Bertz CT molecular complexity index is 306. The topological polar surface area (TPSA) is 38.0 Å². The average molecular weight is 180 g/mol. The summed E-state index contributed by atoms with van der Waals surface area (Å²) < 4.78 is 14.1. The van der Waals surface area contributed by atoms with E-state index in [0.29, 0.717) is 24.2 Å². The maximum Gasteiger partial charge on any atom is 0.149 e. The number of alkyl halides is 1. The van der Waals surface area contributed by atoms with Crippen molar-refractivity contribution in [1.82, 2.24) is 5.32 Å². The number of nitrogen functional groups attached to an aromatic ring is 1. The molecule has 1 aliphatic rings. The van der Waals surface area contributed by atoms with E-state index in [2.05, 4.69) is 5.32 Å². The van der Waals surface area contributed by atoms with Gasteiger partial charge in [0.25, 0.3) is 0 Å². The lowest BCUT2D eigenvalue weighted by atomic mass is 9.95. The predicted molar refractivity (Wildman–Crippen MR) is 51.1 cm³/mol. The van der Waals surface area contributed by atoms with Crippen LogP contribution in [0.1, 0.15) is 12.0 Å². The minimum absolute atomic E-state index is 0.399. The molecule has 1 fully saturated rings. The highest BCUT2D eigenvalue weighted by atomic mass is 19.1. The third-order valence-corrected chi connectivity index (χ3v) is 2.51. The number of anilines is 1. The Kier molecular flexibility index (Phi) is 1.96. The van der Waals surface area contributed by atoms with Gasteiger partial charge in [0, 0.05) is 12.2 Å². The van der Waals surface area contributed by atoms with Crippen LogP contribution in [-0.2, 0) is 5.67 Å². The van der Waals surface area contributed by atoms with Gasteiger partial charge in [-0.25, -0.2) is 4.39 Å². The molecule has 70 valence electrons. The molecule has 3 heteroatoms. The highest BCUT2D eigenvalue weighted by molar-refractivity contribution is 5.43. The molecule has 13 heavy (non-hydrogen) atoms. The lowest BCUT2D eigenvalue weighted by molar-refractivity contribution is 0.193. The Morgan fingerprint density at radius 1 is 1.46 bits per heavy atom. The minimum atomic E-state index is -1.21. The summed E-state index contributed by atoms with van der Waals surface area (Å²) in [5.74, 6) is 0. The van der Waals surface area contributed by atoms with Crippen molar-refractivity contribution in [2.75, 3.05) is 18.8 Å². The maximum atomic E-state index is 14.1. The van der Waals surface area contributed by atoms with Gasteiger partial charge in [-0.3, -0.25) is 0 Å². The average Bonchev–Trinajstić information content (AvgIpc) is 2.54. The van der Waals surface area contributed by atoms with Crippen LogP contribution in [0.4, 0.5) is 10.1 Å². The van der Waals surface area contributed by atoms with Gasteiger partial charge in [0.15, 0.2) is 0 Å². The van der Waals surface area contributed by atoms with Crippen LogP contribution in [0.15, 0.2) is 24.3 Å². The first-order chi connectivity index (χ1) is 6.21. The quantitative estimate of drug-likeness (QED) is 0.641. The molecule has 2 nitrogen and oxygen atoms in total. The molecule has 0 aromatic heterocycles. The van der Waals surface area contributed by atoms with Gasteiger partial charge in [-0.05, 0) is 30.7 Å². The van der Waals surface area contributed by atoms with E-state index in [1.54, 1.807) is 24.3 Å². The zero-order chi connectivity index (χ0) is 9.31. The molecule has 1 aromatic rings. The van der Waals surface area contributed by atoms with Crippen molar-refractivity contribution < 1.29 is 4.39 Å². The summed E-state index contributed by atoms with van der Waals surface area (Å²) in [6, 6.07) is 7.08. The molecular weight excluding hydrogens is 167 g/mol. The second-order valence-corrected chi connectivity index (χ2v) is 3.52. The molecule has 0 amide bonds. The first kappa shape index (κ1) is 8.51. The first-order valence-corrected chi connectivity index (χ1v) is 4.46. The second-order valence-electron chi connectivity index (χ2n) is 3.52. The van der Waals surface area contributed by atoms with Gasteiger partial charge in [0.05, 0.1) is 0 Å². The van der Waals surface area contributed by atoms with E-state index in [-0.39, 0.29) is 0 Å². The Hall–Kier alpha value is -1.09. The van der Waals surface area contributed by atoms with E-state index in [9.17, 15) is 4.39 Å². The molecule has 1 aromatic carbocycles. The third kappa shape index (κ3) is 1.52. The summed E-state index contributed by atoms with van der Waals surface area (Å²) >= 11 is 0. The monoisotopic (exact) mass is 180 g/mol. The Labute approximate surface area is 76.9 Å². The van der Waals surface area contributed by atoms with Crippen molar-refractivity contribution in [2.45, 2.75) is 12.1 Å². The van der Waals surface area contributed by atoms with Crippen LogP contribution in [0.3, 0.4) is 0 Å². The molecule has 3 N–H and O–H groups in total. The van der Waals surface area contributed by atoms with Crippen LogP contribution in [0, 0.1) is 0 Å². The summed E-state index contributed by atoms with van der Waals surface area (Å²) in [5, 5.41) is 3.01. The number of rotatable bonds is 1. The van der Waals surface area contributed by atoms with Gasteiger partial charge in [-0.1, -0.05) is 12.1 Å². The van der Waals surface area contributed by atoms with E-state index < -0.39 is 5.67 Å². The van der Waals surface area contributed by atoms with Crippen molar-refractivity contribution in [3.05, 3.63) is 29.8 Å². The Balaban J connectivity index is 2.33. The summed E-state index contributed by atoms with van der Waals surface area (Å²) in [5.41, 5.74) is 5.70. The van der Waals surface area contributed by atoms with Gasteiger partial charge in [0.1, 0.15) is 5.67 Å². The summed E-state index contributed by atoms with van der Waals surface area (Å²) in [7, 11) is 0. The van der Waals surface area contributed by atoms with Crippen molar-refractivity contribution in [3.8, 4) is 0 Å². The van der Waals surface area contributed by atoms with Crippen molar-refractivity contribution in [2.24, 2.45) is 0 Å². The van der Waals surface area contributed by atoms with Crippen LogP contribution in [0.25, 0.3) is 0 Å². The van der Waals surface area contributed by atoms with Crippen molar-refractivity contribution >= 4 is 5.69 Å². The van der Waals surface area contributed by atoms with Gasteiger partial charge in [0.2, 0.25) is 0 Å². The number of nitrogens with one attached hydrogen (secondary N) is 1. The van der Waals surface area contributed by atoms with E-state index >= 15 is 0 Å². The molecule has 0 radical (unpaired) electrons. The standard InChI is InChI=1S/C10H13FN2/c11-10(4-5-13-7-10)8-2-1-3-9(12)6-8/h1-3,6,13H,4-5,7,12H2. The Morgan fingerprint density at radius 3 is 2.92 bits per heavy atom. The van der Waals surface area contributed by atoms with Crippen molar-refractivity contribution in [3.63, 3.8) is 0 Å². The maximum absolute atomic E-state index is 14.1. The fourth-order valence-electron chi connectivity index (χ4n) is 1.73. The largest absolute Gasteiger partial charge is 0.399 e. The number of benzene rings is 1. The first-order valence-electron chi connectivity index (χ1n) is 4.46. The van der Waals surface area contributed by atoms with Crippen LogP contribution in [0.5, 0.6) is 0 Å². The zero-order valence-electron chi connectivity index (χ0n) is 7.39. The SMILES string of the molecule is Nc1cccc(C2(F)CCNC2)c1. The van der Waals surface area contributed by atoms with Crippen molar-refractivity contribution in [1.29, 1.82) is 0 Å². The molecule has 1 atom stereocenters. The van der Waals surface area contributed by atoms with Gasteiger partial charge in [-0.15, -0.1) is 0 Å². The number of halogens is 1. The van der Waals surface area contributed by atoms with E-state index in [1.807, 2.05) is 0 Å². The molecule has 2 rings (SSSR count). The third-order valence-electron chi connectivity index (χ3n) is 2.51. The molecule has 0 saturated carbocycles. The summed E-state index contributed by atoms with van der Waals surface area (Å²) in [6.07, 6.45) is 0.538. The highest BCUT2D eigenvalue weighted by Gasteiger charge is 2.35. The molecule has 0 bridgehead atoms. The normalized spacial score (nSPS) is 27.8. The summed E-state index contributed by atoms with van der Waals surface area (Å²) in [4.78, 5) is 0. The second kappa shape index (κ2) is 3.00. The lowest BCUT2D eigenvalue weighted by Crippen LogP contribution is -2.23. The van der Waals surface area contributed by atoms with Crippen LogP contribution in [0.2, 0.25) is 0 Å². The fraction of sp³-hybridized carbons (Fsp3) is 0.400. The molecule has 0 aliphatic carbocycles. The number of hydrogen-bond acceptors (Lipinski definition) is 2. The zero-order valence-corrected chi connectivity index (χ0v) is 7.39. The van der Waals surface area contributed by atoms with Gasteiger partial charge >= 0.3 is 0 Å².